The van der Waals surface area contributed by atoms with E-state index in [4.69, 9.17) is 5.11 Å². The molecule has 1 atom stereocenters. The number of carbonyl (C=O) groups excluding carboxylic acids is 1. The highest BCUT2D eigenvalue weighted by Crippen LogP contribution is 2.28. The monoisotopic (exact) mass is 543 g/mol. The van der Waals surface area contributed by atoms with Crippen LogP contribution in [0.4, 0.5) is 20.4 Å². The van der Waals surface area contributed by atoms with Gasteiger partial charge >= 0.3 is 12.1 Å². The van der Waals surface area contributed by atoms with E-state index in [1.165, 1.54) is 16.2 Å². The second kappa shape index (κ2) is 10.9. The molecule has 1 unspecified atom stereocenters. The highest BCUT2D eigenvalue weighted by atomic mass is 79.9. The van der Waals surface area contributed by atoms with Crippen LogP contribution in [0.1, 0.15) is 29.7 Å². The quantitative estimate of drug-likeness (QED) is 0.398. The molecule has 1 fully saturated rings. The van der Waals surface area contributed by atoms with Gasteiger partial charge in [-0.2, -0.15) is 0 Å². The average molecular weight is 544 g/mol. The lowest BCUT2D eigenvalue weighted by Gasteiger charge is -2.34. The minimum absolute atomic E-state index is 0.133. The standard InChI is InChI=1S/C24H26BrN5O3S/c1-16(18-4-6-19(25)7-5-18)21-15-34-23(27-21)28-22(31)26-14-17-2-8-20(9-3-17)29-10-12-30(13-11-29)24(32)33/h2-9,15-16H,10-14H2,1H3,(H,32,33)(H2,26,27,28,31). The third-order valence-corrected chi connectivity index (χ3v) is 7.17. The zero-order chi connectivity index (χ0) is 24.1. The first-order chi connectivity index (χ1) is 16.4. The molecule has 1 aliphatic rings. The van der Waals surface area contributed by atoms with Gasteiger partial charge in [-0.15, -0.1) is 11.3 Å². The number of benzene rings is 2. The molecular formula is C24H26BrN5O3S. The van der Waals surface area contributed by atoms with E-state index in [1.54, 1.807) is 0 Å². The van der Waals surface area contributed by atoms with Crippen LogP contribution in [-0.4, -0.2) is 53.3 Å². The van der Waals surface area contributed by atoms with Crippen molar-refractivity contribution >= 4 is 50.2 Å². The van der Waals surface area contributed by atoms with E-state index in [0.29, 0.717) is 37.9 Å². The van der Waals surface area contributed by atoms with E-state index in [9.17, 15) is 9.59 Å². The predicted octanol–water partition coefficient (Wildman–Crippen LogP) is 5.18. The fraction of sp³-hybridized carbons (Fsp3) is 0.292. The molecule has 2 heterocycles. The van der Waals surface area contributed by atoms with Gasteiger partial charge in [-0.3, -0.25) is 5.32 Å². The van der Waals surface area contributed by atoms with Gasteiger partial charge in [0.05, 0.1) is 5.69 Å². The van der Waals surface area contributed by atoms with Crippen molar-refractivity contribution in [2.75, 3.05) is 36.4 Å². The summed E-state index contributed by atoms with van der Waals surface area (Å²) in [6.07, 6.45) is -0.868. The van der Waals surface area contributed by atoms with Crippen molar-refractivity contribution in [3.8, 4) is 0 Å². The predicted molar refractivity (Wildman–Crippen MR) is 138 cm³/mol. The number of piperazine rings is 1. The maximum atomic E-state index is 12.4. The van der Waals surface area contributed by atoms with E-state index in [0.717, 1.165) is 27.0 Å². The van der Waals surface area contributed by atoms with E-state index >= 15 is 0 Å². The molecule has 3 aromatic rings. The molecule has 178 valence electrons. The molecule has 0 aliphatic carbocycles. The van der Waals surface area contributed by atoms with E-state index in [2.05, 4.69) is 55.5 Å². The Labute approximate surface area is 210 Å². The Kier molecular flexibility index (Phi) is 7.69. The molecule has 8 nitrogen and oxygen atoms in total. The molecule has 34 heavy (non-hydrogen) atoms. The van der Waals surface area contributed by atoms with Gasteiger partial charge < -0.3 is 20.2 Å². The number of rotatable bonds is 6. The highest BCUT2D eigenvalue weighted by molar-refractivity contribution is 9.10. The van der Waals surface area contributed by atoms with Crippen LogP contribution in [0.5, 0.6) is 0 Å². The van der Waals surface area contributed by atoms with Crippen LogP contribution in [0.15, 0.2) is 58.4 Å². The largest absolute Gasteiger partial charge is 0.465 e. The summed E-state index contributed by atoms with van der Waals surface area (Å²) >= 11 is 4.86. The summed E-state index contributed by atoms with van der Waals surface area (Å²) in [5.74, 6) is 0.133. The van der Waals surface area contributed by atoms with Crippen LogP contribution in [0.25, 0.3) is 0 Å². The summed E-state index contributed by atoms with van der Waals surface area (Å²) < 4.78 is 1.04. The molecule has 1 saturated heterocycles. The molecule has 0 bridgehead atoms. The smallest absolute Gasteiger partial charge is 0.407 e. The molecule has 0 radical (unpaired) electrons. The van der Waals surface area contributed by atoms with Gasteiger partial charge in [0.2, 0.25) is 0 Å². The number of amides is 3. The summed E-state index contributed by atoms with van der Waals surface area (Å²) in [4.78, 5) is 31.6. The first kappa shape index (κ1) is 24.0. The fourth-order valence-electron chi connectivity index (χ4n) is 3.77. The maximum absolute atomic E-state index is 12.4. The van der Waals surface area contributed by atoms with Crippen molar-refractivity contribution in [3.05, 3.63) is 75.2 Å². The summed E-state index contributed by atoms with van der Waals surface area (Å²) in [5.41, 5.74) is 4.11. The maximum Gasteiger partial charge on any atom is 0.407 e. The van der Waals surface area contributed by atoms with Gasteiger partial charge in [0.25, 0.3) is 0 Å². The molecule has 3 amide bonds. The van der Waals surface area contributed by atoms with Crippen LogP contribution in [0.2, 0.25) is 0 Å². The number of aromatic nitrogens is 1. The van der Waals surface area contributed by atoms with E-state index in [1.807, 2.05) is 41.8 Å². The Morgan fingerprint density at radius 3 is 2.41 bits per heavy atom. The van der Waals surface area contributed by atoms with Crippen LogP contribution in [-0.2, 0) is 6.54 Å². The molecule has 1 aromatic heterocycles. The van der Waals surface area contributed by atoms with Gasteiger partial charge in [0.1, 0.15) is 0 Å². The third kappa shape index (κ3) is 6.06. The number of hydrogen-bond donors (Lipinski definition) is 3. The lowest BCUT2D eigenvalue weighted by atomic mass is 9.99. The molecule has 0 saturated carbocycles. The second-order valence-corrected chi connectivity index (χ2v) is 9.86. The topological polar surface area (TPSA) is 97.8 Å². The van der Waals surface area contributed by atoms with Crippen LogP contribution in [0, 0.1) is 0 Å². The molecule has 4 rings (SSSR count). The van der Waals surface area contributed by atoms with Crippen molar-refractivity contribution < 1.29 is 14.7 Å². The average Bonchev–Trinajstić information content (AvgIpc) is 3.31. The van der Waals surface area contributed by atoms with Crippen LogP contribution in [0.3, 0.4) is 0 Å². The van der Waals surface area contributed by atoms with Gasteiger partial charge in [0.15, 0.2) is 5.13 Å². The lowest BCUT2D eigenvalue weighted by Crippen LogP contribution is -2.48. The first-order valence-corrected chi connectivity index (χ1v) is 12.6. The van der Waals surface area contributed by atoms with Gasteiger partial charge in [-0.25, -0.2) is 14.6 Å². The van der Waals surface area contributed by atoms with Crippen molar-refractivity contribution in [1.29, 1.82) is 0 Å². The molecule has 3 N–H and O–H groups in total. The number of hydrogen-bond acceptors (Lipinski definition) is 5. The SMILES string of the molecule is CC(c1ccc(Br)cc1)c1csc(NC(=O)NCc2ccc(N3CCN(C(=O)O)CC3)cc2)n1. The van der Waals surface area contributed by atoms with Gasteiger partial charge in [0, 0.05) is 54.2 Å². The number of halogens is 1. The Hall–Kier alpha value is -3.11. The van der Waals surface area contributed by atoms with E-state index in [-0.39, 0.29) is 11.9 Å². The molecule has 0 spiro atoms. The second-order valence-electron chi connectivity index (χ2n) is 8.08. The first-order valence-electron chi connectivity index (χ1n) is 11.0. The third-order valence-electron chi connectivity index (χ3n) is 5.86. The lowest BCUT2D eigenvalue weighted by molar-refractivity contribution is 0.142. The number of thiazole rings is 1. The zero-order valence-corrected chi connectivity index (χ0v) is 21.1. The molecular weight excluding hydrogens is 518 g/mol. The number of nitrogens with one attached hydrogen (secondary N) is 2. The Morgan fingerprint density at radius 1 is 1.09 bits per heavy atom. The highest BCUT2D eigenvalue weighted by Gasteiger charge is 2.20. The Balaban J connectivity index is 1.25. The normalized spacial score (nSPS) is 14.5. The van der Waals surface area contributed by atoms with Gasteiger partial charge in [-0.05, 0) is 35.4 Å². The summed E-state index contributed by atoms with van der Waals surface area (Å²) in [5, 5.41) is 17.3. The van der Waals surface area contributed by atoms with Crippen molar-refractivity contribution in [2.24, 2.45) is 0 Å². The van der Waals surface area contributed by atoms with Crippen LogP contribution < -0.4 is 15.5 Å². The Morgan fingerprint density at radius 2 is 1.76 bits per heavy atom. The van der Waals surface area contributed by atoms with Crippen molar-refractivity contribution in [1.82, 2.24) is 15.2 Å². The number of nitrogens with zero attached hydrogens (tertiary/aromatic N) is 3. The van der Waals surface area contributed by atoms with Crippen LogP contribution >= 0.6 is 27.3 Å². The Bertz CT molecular complexity index is 1130. The number of carbonyl (C=O) groups is 2. The van der Waals surface area contributed by atoms with E-state index < -0.39 is 6.09 Å². The van der Waals surface area contributed by atoms with Gasteiger partial charge in [-0.1, -0.05) is 47.1 Å². The zero-order valence-electron chi connectivity index (χ0n) is 18.7. The molecule has 2 aromatic carbocycles. The molecule has 1 aliphatic heterocycles. The minimum Gasteiger partial charge on any atom is -0.465 e. The molecule has 10 heteroatoms. The van der Waals surface area contributed by atoms with Crippen molar-refractivity contribution in [3.63, 3.8) is 0 Å². The van der Waals surface area contributed by atoms with Crippen molar-refractivity contribution in [2.45, 2.75) is 19.4 Å². The number of urea groups is 1. The summed E-state index contributed by atoms with van der Waals surface area (Å²) in [7, 11) is 0. The number of anilines is 2. The number of carboxylic acid groups (broad SMARTS) is 1. The summed E-state index contributed by atoms with van der Waals surface area (Å²) in [6.45, 7) is 4.83. The minimum atomic E-state index is -0.868. The fourth-order valence-corrected chi connectivity index (χ4v) is 4.83. The summed E-state index contributed by atoms with van der Waals surface area (Å²) in [6, 6.07) is 15.8.